The van der Waals surface area contributed by atoms with Gasteiger partial charge in [0.05, 0.1) is 0 Å². The van der Waals surface area contributed by atoms with Crippen molar-refractivity contribution in [3.63, 3.8) is 0 Å². The lowest BCUT2D eigenvalue weighted by atomic mass is 10.1. The molecule has 3 rings (SSSR count). The van der Waals surface area contributed by atoms with E-state index in [2.05, 4.69) is 19.8 Å². The summed E-state index contributed by atoms with van der Waals surface area (Å²) in [5, 5.41) is 0. The first kappa shape index (κ1) is 14.5. The van der Waals surface area contributed by atoms with Gasteiger partial charge in [-0.15, -0.1) is 0 Å². The van der Waals surface area contributed by atoms with Crippen LogP contribution in [0.4, 0.5) is 11.6 Å². The minimum Gasteiger partial charge on any atom is -0.381 e. The van der Waals surface area contributed by atoms with E-state index in [4.69, 9.17) is 4.74 Å². The maximum atomic E-state index is 5.46. The Bertz CT molecular complexity index is 453. The first-order valence-corrected chi connectivity index (χ1v) is 7.81. The molecule has 2 saturated heterocycles. The van der Waals surface area contributed by atoms with Crippen LogP contribution in [0.25, 0.3) is 0 Å². The Hall–Kier alpha value is -1.40. The molecule has 0 saturated carbocycles. The Balaban J connectivity index is 1.63. The molecule has 2 aliphatic rings. The Kier molecular flexibility index (Phi) is 4.55. The summed E-state index contributed by atoms with van der Waals surface area (Å²) in [6, 6.07) is 0.705. The highest BCUT2D eigenvalue weighted by Crippen LogP contribution is 2.25. The predicted molar refractivity (Wildman–Crippen MR) is 84.0 cm³/mol. The topological polar surface area (TPSA) is 44.7 Å². The van der Waals surface area contributed by atoms with Crippen LogP contribution < -0.4 is 9.80 Å². The number of rotatable bonds is 3. The fraction of sp³-hybridized carbons (Fsp3) is 0.733. The maximum Gasteiger partial charge on any atom is 0.172 e. The van der Waals surface area contributed by atoms with Crippen molar-refractivity contribution >= 4 is 11.6 Å². The molecule has 0 spiro atoms. The van der Waals surface area contributed by atoms with Crippen LogP contribution in [0.15, 0.2) is 12.4 Å². The van der Waals surface area contributed by atoms with E-state index >= 15 is 0 Å². The van der Waals surface area contributed by atoms with Gasteiger partial charge in [0, 0.05) is 71.9 Å². The second-order valence-corrected chi connectivity index (χ2v) is 5.96. The van der Waals surface area contributed by atoms with Crippen LogP contribution in [0.3, 0.4) is 0 Å². The van der Waals surface area contributed by atoms with Gasteiger partial charge in [0.15, 0.2) is 11.6 Å². The fourth-order valence-electron chi connectivity index (χ4n) is 3.21. The maximum absolute atomic E-state index is 5.46. The quantitative estimate of drug-likeness (QED) is 0.822. The molecule has 0 radical (unpaired) electrons. The van der Waals surface area contributed by atoms with Gasteiger partial charge in [0.2, 0.25) is 0 Å². The van der Waals surface area contributed by atoms with Crippen molar-refractivity contribution in [2.24, 2.45) is 0 Å². The third kappa shape index (κ3) is 3.27. The van der Waals surface area contributed by atoms with Crippen LogP contribution in [0, 0.1) is 0 Å². The summed E-state index contributed by atoms with van der Waals surface area (Å²) in [6.45, 7) is 6.09. The molecule has 2 aliphatic heterocycles. The van der Waals surface area contributed by atoms with E-state index < -0.39 is 0 Å². The van der Waals surface area contributed by atoms with Crippen molar-refractivity contribution in [3.8, 4) is 0 Å². The molecule has 0 amide bonds. The van der Waals surface area contributed by atoms with Crippen LogP contribution in [0.1, 0.15) is 12.8 Å². The summed E-state index contributed by atoms with van der Waals surface area (Å²) in [4.78, 5) is 16.0. The Morgan fingerprint density at radius 3 is 2.38 bits per heavy atom. The van der Waals surface area contributed by atoms with Crippen LogP contribution in [0.5, 0.6) is 0 Å². The SMILES string of the molecule is CN(C)c1nccnc1N1CCN(C2CCOCC2)CC1. The summed E-state index contributed by atoms with van der Waals surface area (Å²) in [7, 11) is 4.04. The van der Waals surface area contributed by atoms with E-state index in [0.29, 0.717) is 6.04 Å². The van der Waals surface area contributed by atoms with Gasteiger partial charge in [0.1, 0.15) is 0 Å². The van der Waals surface area contributed by atoms with Crippen LogP contribution in [-0.4, -0.2) is 74.4 Å². The molecule has 0 aromatic carbocycles. The normalized spacial score (nSPS) is 21.5. The van der Waals surface area contributed by atoms with Crippen molar-refractivity contribution in [2.75, 3.05) is 63.3 Å². The second-order valence-electron chi connectivity index (χ2n) is 5.96. The number of hydrogen-bond donors (Lipinski definition) is 0. The van der Waals surface area contributed by atoms with Gasteiger partial charge in [0.25, 0.3) is 0 Å². The molecule has 0 atom stereocenters. The highest BCUT2D eigenvalue weighted by molar-refractivity contribution is 5.61. The van der Waals surface area contributed by atoms with Crippen molar-refractivity contribution < 1.29 is 4.74 Å². The van der Waals surface area contributed by atoms with E-state index in [0.717, 1.165) is 51.0 Å². The van der Waals surface area contributed by atoms with Gasteiger partial charge in [-0.2, -0.15) is 0 Å². The van der Waals surface area contributed by atoms with Crippen molar-refractivity contribution in [2.45, 2.75) is 18.9 Å². The Morgan fingerprint density at radius 2 is 1.71 bits per heavy atom. The van der Waals surface area contributed by atoms with Crippen molar-refractivity contribution in [1.82, 2.24) is 14.9 Å². The fourth-order valence-corrected chi connectivity index (χ4v) is 3.21. The zero-order valence-corrected chi connectivity index (χ0v) is 13.0. The number of aromatic nitrogens is 2. The third-order valence-corrected chi connectivity index (χ3v) is 4.40. The Labute approximate surface area is 126 Å². The lowest BCUT2D eigenvalue weighted by molar-refractivity contribution is 0.0321. The minimum absolute atomic E-state index is 0.705. The van der Waals surface area contributed by atoms with Crippen molar-refractivity contribution in [3.05, 3.63) is 12.4 Å². The average molecular weight is 291 g/mol. The summed E-state index contributed by atoms with van der Waals surface area (Å²) in [5.41, 5.74) is 0. The first-order chi connectivity index (χ1) is 10.3. The summed E-state index contributed by atoms with van der Waals surface area (Å²) >= 11 is 0. The molecular weight excluding hydrogens is 266 g/mol. The van der Waals surface area contributed by atoms with E-state index in [1.54, 1.807) is 12.4 Å². The van der Waals surface area contributed by atoms with Gasteiger partial charge in [-0.05, 0) is 12.8 Å². The number of ether oxygens (including phenoxy) is 1. The van der Waals surface area contributed by atoms with Crippen LogP contribution in [-0.2, 0) is 4.74 Å². The van der Waals surface area contributed by atoms with Crippen molar-refractivity contribution in [1.29, 1.82) is 0 Å². The van der Waals surface area contributed by atoms with Gasteiger partial charge in [-0.1, -0.05) is 0 Å². The zero-order valence-electron chi connectivity index (χ0n) is 13.0. The molecule has 2 fully saturated rings. The van der Waals surface area contributed by atoms with E-state index in [9.17, 15) is 0 Å². The average Bonchev–Trinajstić information content (AvgIpc) is 2.56. The summed E-state index contributed by atoms with van der Waals surface area (Å²) < 4.78 is 5.46. The highest BCUT2D eigenvalue weighted by atomic mass is 16.5. The van der Waals surface area contributed by atoms with Gasteiger partial charge in [-0.25, -0.2) is 9.97 Å². The Morgan fingerprint density at radius 1 is 1.05 bits per heavy atom. The smallest absolute Gasteiger partial charge is 0.172 e. The predicted octanol–water partition coefficient (Wildman–Crippen LogP) is 0.844. The molecule has 116 valence electrons. The molecule has 3 heterocycles. The molecule has 6 nitrogen and oxygen atoms in total. The van der Waals surface area contributed by atoms with Gasteiger partial charge in [-0.3, -0.25) is 4.90 Å². The zero-order chi connectivity index (χ0) is 14.7. The molecule has 21 heavy (non-hydrogen) atoms. The summed E-state index contributed by atoms with van der Waals surface area (Å²) in [6.07, 6.45) is 5.90. The molecule has 1 aromatic rings. The number of nitrogens with zero attached hydrogens (tertiary/aromatic N) is 5. The molecule has 0 aliphatic carbocycles. The van der Waals surface area contributed by atoms with E-state index in [-0.39, 0.29) is 0 Å². The first-order valence-electron chi connectivity index (χ1n) is 7.81. The lowest BCUT2D eigenvalue weighted by Gasteiger charge is -2.41. The lowest BCUT2D eigenvalue weighted by Crippen LogP contribution is -2.52. The number of hydrogen-bond acceptors (Lipinski definition) is 6. The van der Waals surface area contributed by atoms with Gasteiger partial charge < -0.3 is 14.5 Å². The van der Waals surface area contributed by atoms with Crippen LogP contribution >= 0.6 is 0 Å². The number of piperazine rings is 1. The largest absolute Gasteiger partial charge is 0.381 e. The third-order valence-electron chi connectivity index (χ3n) is 4.40. The monoisotopic (exact) mass is 291 g/mol. The highest BCUT2D eigenvalue weighted by Gasteiger charge is 2.27. The molecular formula is C15H25N5O. The van der Waals surface area contributed by atoms with Crippen LogP contribution in [0.2, 0.25) is 0 Å². The molecule has 1 aromatic heterocycles. The second kappa shape index (κ2) is 6.58. The molecule has 6 heteroatoms. The standard InChI is InChI=1S/C15H25N5O/c1-18(2)14-15(17-6-5-16-14)20-9-7-19(8-10-20)13-3-11-21-12-4-13/h5-6,13H,3-4,7-12H2,1-2H3. The number of anilines is 2. The molecule has 0 bridgehead atoms. The molecule has 0 unspecified atom stereocenters. The molecule has 0 N–H and O–H groups in total. The van der Waals surface area contributed by atoms with Gasteiger partial charge >= 0.3 is 0 Å². The van der Waals surface area contributed by atoms with E-state index in [1.807, 2.05) is 19.0 Å². The minimum atomic E-state index is 0.705. The summed E-state index contributed by atoms with van der Waals surface area (Å²) in [5.74, 6) is 1.96. The van der Waals surface area contributed by atoms with E-state index in [1.165, 1.54) is 12.8 Å².